The first-order valence-corrected chi connectivity index (χ1v) is 9.50. The van der Waals surface area contributed by atoms with Crippen molar-refractivity contribution >= 4 is 23.5 Å². The Balaban J connectivity index is 1.49. The topological polar surface area (TPSA) is 76.1 Å². The summed E-state index contributed by atoms with van der Waals surface area (Å²) in [6.07, 6.45) is 9.56. The number of thioether (sulfide) groups is 2. The summed E-state index contributed by atoms with van der Waals surface area (Å²) < 4.78 is 4.00. The SMILES string of the molecule is O[C@H](CSCCn1ccnc1)[C@@H](O)CSCCn1ccnc1. The summed E-state index contributed by atoms with van der Waals surface area (Å²) in [5.41, 5.74) is 0. The molecule has 2 aromatic heterocycles. The molecule has 2 aromatic rings. The van der Waals surface area contributed by atoms with Crippen LogP contribution in [0.4, 0.5) is 0 Å². The lowest BCUT2D eigenvalue weighted by Gasteiger charge is -2.17. The van der Waals surface area contributed by atoms with E-state index in [1.54, 1.807) is 48.6 Å². The Labute approximate surface area is 139 Å². The van der Waals surface area contributed by atoms with Gasteiger partial charge in [-0.1, -0.05) is 0 Å². The van der Waals surface area contributed by atoms with Crippen molar-refractivity contribution in [2.75, 3.05) is 23.0 Å². The molecule has 8 heteroatoms. The highest BCUT2D eigenvalue weighted by molar-refractivity contribution is 7.99. The third-order valence-electron chi connectivity index (χ3n) is 3.13. The molecule has 6 nitrogen and oxygen atoms in total. The van der Waals surface area contributed by atoms with Crippen molar-refractivity contribution < 1.29 is 10.2 Å². The second-order valence-electron chi connectivity index (χ2n) is 4.89. The molecule has 2 rings (SSSR count). The van der Waals surface area contributed by atoms with Gasteiger partial charge in [-0.3, -0.25) is 0 Å². The Morgan fingerprint density at radius 3 is 1.64 bits per heavy atom. The van der Waals surface area contributed by atoms with Crippen molar-refractivity contribution in [3.8, 4) is 0 Å². The van der Waals surface area contributed by atoms with Crippen LogP contribution in [0.3, 0.4) is 0 Å². The van der Waals surface area contributed by atoms with Gasteiger partial charge in [0, 0.05) is 60.9 Å². The van der Waals surface area contributed by atoms with Gasteiger partial charge in [-0.15, -0.1) is 0 Å². The van der Waals surface area contributed by atoms with Gasteiger partial charge in [0.25, 0.3) is 0 Å². The number of rotatable bonds is 11. The van der Waals surface area contributed by atoms with E-state index in [0.717, 1.165) is 24.6 Å². The maximum atomic E-state index is 9.94. The molecule has 22 heavy (non-hydrogen) atoms. The standard InChI is InChI=1S/C14H22N4O2S2/c19-13(9-21-7-5-17-3-1-15-11-17)14(20)10-22-8-6-18-4-2-16-12-18/h1-4,11-14,19-20H,5-10H2/t13-,14+. The van der Waals surface area contributed by atoms with Crippen LogP contribution in [-0.2, 0) is 13.1 Å². The summed E-state index contributed by atoms with van der Waals surface area (Å²) in [7, 11) is 0. The first kappa shape index (κ1) is 17.4. The molecule has 0 bridgehead atoms. The predicted molar refractivity (Wildman–Crippen MR) is 91.1 cm³/mol. The van der Waals surface area contributed by atoms with Gasteiger partial charge in [-0.2, -0.15) is 23.5 Å². The minimum Gasteiger partial charge on any atom is -0.390 e. The van der Waals surface area contributed by atoms with Crippen LogP contribution in [0.15, 0.2) is 37.4 Å². The second-order valence-corrected chi connectivity index (χ2v) is 7.19. The minimum atomic E-state index is -0.673. The molecule has 0 fully saturated rings. The molecule has 0 spiro atoms. The molecular formula is C14H22N4O2S2. The van der Waals surface area contributed by atoms with E-state index in [2.05, 4.69) is 9.97 Å². The molecule has 0 unspecified atom stereocenters. The van der Waals surface area contributed by atoms with Crippen molar-refractivity contribution in [3.63, 3.8) is 0 Å². The van der Waals surface area contributed by atoms with Crippen molar-refractivity contribution in [1.29, 1.82) is 0 Å². The number of aryl methyl sites for hydroxylation is 2. The Bertz CT molecular complexity index is 447. The summed E-state index contributed by atoms with van der Waals surface area (Å²) in [4.78, 5) is 7.96. The van der Waals surface area contributed by atoms with Crippen molar-refractivity contribution in [1.82, 2.24) is 19.1 Å². The third-order valence-corrected chi connectivity index (χ3v) is 5.22. The maximum Gasteiger partial charge on any atom is 0.0946 e. The van der Waals surface area contributed by atoms with Gasteiger partial charge < -0.3 is 19.3 Å². The number of nitrogens with zero attached hydrogens (tertiary/aromatic N) is 4. The first-order valence-electron chi connectivity index (χ1n) is 7.19. The van der Waals surface area contributed by atoms with E-state index in [9.17, 15) is 10.2 Å². The maximum absolute atomic E-state index is 9.94. The average molecular weight is 342 g/mol. The number of aromatic nitrogens is 4. The van der Waals surface area contributed by atoms with Crippen LogP contribution < -0.4 is 0 Å². The van der Waals surface area contributed by atoms with E-state index < -0.39 is 12.2 Å². The largest absolute Gasteiger partial charge is 0.390 e. The Morgan fingerprint density at radius 1 is 0.818 bits per heavy atom. The zero-order valence-electron chi connectivity index (χ0n) is 12.4. The van der Waals surface area contributed by atoms with Crippen molar-refractivity contribution in [2.45, 2.75) is 25.3 Å². The van der Waals surface area contributed by atoms with Gasteiger partial charge in [-0.05, 0) is 0 Å². The Hall–Kier alpha value is -0.960. The van der Waals surface area contributed by atoms with E-state index in [1.165, 1.54) is 0 Å². The number of hydrogen-bond donors (Lipinski definition) is 2. The molecule has 0 aliphatic heterocycles. The van der Waals surface area contributed by atoms with Gasteiger partial charge in [0.15, 0.2) is 0 Å². The monoisotopic (exact) mass is 342 g/mol. The molecule has 2 atom stereocenters. The summed E-state index contributed by atoms with van der Waals surface area (Å²) in [6.45, 7) is 1.74. The molecule has 0 aliphatic carbocycles. The highest BCUT2D eigenvalue weighted by atomic mass is 32.2. The Morgan fingerprint density at radius 2 is 1.27 bits per heavy atom. The number of aliphatic hydroxyl groups is 2. The number of aliphatic hydroxyl groups excluding tert-OH is 2. The van der Waals surface area contributed by atoms with E-state index in [0.29, 0.717) is 11.5 Å². The van der Waals surface area contributed by atoms with E-state index in [4.69, 9.17) is 0 Å². The number of imidazole rings is 2. The zero-order valence-corrected chi connectivity index (χ0v) is 14.0. The van der Waals surface area contributed by atoms with E-state index >= 15 is 0 Å². The highest BCUT2D eigenvalue weighted by Crippen LogP contribution is 2.12. The molecular weight excluding hydrogens is 320 g/mol. The Kier molecular flexibility index (Phi) is 7.86. The summed E-state index contributed by atoms with van der Waals surface area (Å²) >= 11 is 3.29. The predicted octanol–water partition coefficient (Wildman–Crippen LogP) is 0.968. The average Bonchev–Trinajstić information content (AvgIpc) is 3.20. The molecule has 122 valence electrons. The molecule has 0 radical (unpaired) electrons. The number of hydrogen-bond acceptors (Lipinski definition) is 6. The molecule has 0 saturated heterocycles. The van der Waals surface area contributed by atoms with Gasteiger partial charge in [-0.25, -0.2) is 9.97 Å². The molecule has 2 heterocycles. The lowest BCUT2D eigenvalue weighted by atomic mass is 10.3. The highest BCUT2D eigenvalue weighted by Gasteiger charge is 2.15. The van der Waals surface area contributed by atoms with Crippen molar-refractivity contribution in [3.05, 3.63) is 37.4 Å². The fourth-order valence-corrected chi connectivity index (χ4v) is 3.75. The van der Waals surface area contributed by atoms with Crippen LogP contribution in [-0.4, -0.2) is 64.5 Å². The smallest absolute Gasteiger partial charge is 0.0946 e. The molecule has 0 aliphatic rings. The van der Waals surface area contributed by atoms with Gasteiger partial charge in [0.1, 0.15) is 0 Å². The minimum absolute atomic E-state index is 0.554. The van der Waals surface area contributed by atoms with Crippen LogP contribution in [0.2, 0.25) is 0 Å². The van der Waals surface area contributed by atoms with Crippen LogP contribution in [0.1, 0.15) is 0 Å². The fourth-order valence-electron chi connectivity index (χ4n) is 1.81. The van der Waals surface area contributed by atoms with Crippen LogP contribution >= 0.6 is 23.5 Å². The van der Waals surface area contributed by atoms with Crippen molar-refractivity contribution in [2.24, 2.45) is 0 Å². The molecule has 2 N–H and O–H groups in total. The summed E-state index contributed by atoms with van der Waals surface area (Å²) in [6, 6.07) is 0. The van der Waals surface area contributed by atoms with Gasteiger partial charge in [0.2, 0.25) is 0 Å². The zero-order chi connectivity index (χ0) is 15.6. The van der Waals surface area contributed by atoms with Crippen LogP contribution in [0.5, 0.6) is 0 Å². The third kappa shape index (κ3) is 6.43. The lowest BCUT2D eigenvalue weighted by Crippen LogP contribution is -2.30. The molecule has 0 amide bonds. The van der Waals surface area contributed by atoms with Crippen LogP contribution in [0.25, 0.3) is 0 Å². The molecule has 0 aromatic carbocycles. The summed E-state index contributed by atoms with van der Waals surface area (Å²) in [5.74, 6) is 2.90. The van der Waals surface area contributed by atoms with E-state index in [1.807, 2.05) is 21.5 Å². The van der Waals surface area contributed by atoms with Gasteiger partial charge in [0.05, 0.1) is 24.9 Å². The van der Waals surface area contributed by atoms with E-state index in [-0.39, 0.29) is 0 Å². The lowest BCUT2D eigenvalue weighted by molar-refractivity contribution is 0.0500. The fraction of sp³-hybridized carbons (Fsp3) is 0.571. The van der Waals surface area contributed by atoms with Crippen LogP contribution in [0, 0.1) is 0 Å². The normalized spacial score (nSPS) is 14.1. The quantitative estimate of drug-likeness (QED) is 0.593. The first-order chi connectivity index (χ1) is 10.8. The molecule has 0 saturated carbocycles. The van der Waals surface area contributed by atoms with Gasteiger partial charge >= 0.3 is 0 Å². The second kappa shape index (κ2) is 9.94. The summed E-state index contributed by atoms with van der Waals surface area (Å²) in [5, 5.41) is 19.9.